The van der Waals surface area contributed by atoms with Crippen LogP contribution in [0.4, 0.5) is 0 Å². The second kappa shape index (κ2) is 9.98. The molecule has 1 saturated heterocycles. The Bertz CT molecular complexity index is 794. The zero-order valence-electron chi connectivity index (χ0n) is 15.3. The van der Waals surface area contributed by atoms with Crippen LogP contribution in [0, 0.1) is 3.57 Å². The number of carbonyl (C=O) groups excluding carboxylic acids is 1. The van der Waals surface area contributed by atoms with Crippen LogP contribution in [0.1, 0.15) is 26.3 Å². The predicted octanol–water partition coefficient (Wildman–Crippen LogP) is 3.47. The number of benzene rings is 1. The Balaban J connectivity index is 2.38. The summed E-state index contributed by atoms with van der Waals surface area (Å²) in [7, 11) is 0. The van der Waals surface area contributed by atoms with Crippen molar-refractivity contribution in [1.29, 1.82) is 0 Å². The first-order valence-corrected chi connectivity index (χ1v) is 10.4. The van der Waals surface area contributed by atoms with E-state index in [0.717, 1.165) is 5.56 Å². The summed E-state index contributed by atoms with van der Waals surface area (Å²) < 4.78 is 11.7. The van der Waals surface area contributed by atoms with Crippen molar-refractivity contribution in [2.45, 2.75) is 20.8 Å². The lowest BCUT2D eigenvalue weighted by Gasteiger charge is -2.14. The third-order valence-corrected chi connectivity index (χ3v) is 5.31. The highest BCUT2D eigenvalue weighted by atomic mass is 127. The smallest absolute Gasteiger partial charge is 0.341 e. The number of hydrogen-bond donors (Lipinski definition) is 1. The third-order valence-electron chi connectivity index (χ3n) is 3.47. The average molecular weight is 504 g/mol. The number of ether oxygens (including phenoxy) is 2. The molecule has 1 aliphatic rings. The molecule has 0 radical (unpaired) electrons. The number of amides is 1. The third kappa shape index (κ3) is 5.38. The van der Waals surface area contributed by atoms with Crippen molar-refractivity contribution in [3.8, 4) is 11.5 Å². The van der Waals surface area contributed by atoms with Gasteiger partial charge >= 0.3 is 5.97 Å². The number of nitrogens with zero attached hydrogens (tertiary/aromatic N) is 2. The van der Waals surface area contributed by atoms with Gasteiger partial charge in [0.05, 0.1) is 15.1 Å². The van der Waals surface area contributed by atoms with Crippen LogP contribution in [0.2, 0.25) is 0 Å². The van der Waals surface area contributed by atoms with Gasteiger partial charge in [-0.1, -0.05) is 0 Å². The van der Waals surface area contributed by atoms with E-state index in [1.54, 1.807) is 17.0 Å². The van der Waals surface area contributed by atoms with Crippen molar-refractivity contribution in [1.82, 2.24) is 4.90 Å². The minimum absolute atomic E-state index is 0.0751. The Morgan fingerprint density at radius 3 is 2.67 bits per heavy atom. The van der Waals surface area contributed by atoms with E-state index in [0.29, 0.717) is 44.8 Å². The van der Waals surface area contributed by atoms with Crippen molar-refractivity contribution in [3.63, 3.8) is 0 Å². The van der Waals surface area contributed by atoms with Gasteiger partial charge in [-0.3, -0.25) is 14.7 Å². The van der Waals surface area contributed by atoms with E-state index in [-0.39, 0.29) is 5.91 Å². The molecule has 0 aromatic heterocycles. The Morgan fingerprint density at radius 2 is 2.07 bits per heavy atom. The zero-order chi connectivity index (χ0) is 20.0. The molecule has 0 bridgehead atoms. The standard InChI is InChI=1S/C18H21IN2O5S/c1-4-20-18-21(5-2)17(24)14(27-18)9-11-7-12(19)16(26-10-15(22)23)13(8-11)25-6-3/h7-9H,4-6,10H2,1-3H3,(H,22,23). The van der Waals surface area contributed by atoms with Gasteiger partial charge in [0.15, 0.2) is 23.3 Å². The maximum absolute atomic E-state index is 12.6. The fraction of sp³-hybridized carbons (Fsp3) is 0.389. The number of rotatable bonds is 8. The van der Waals surface area contributed by atoms with Crippen molar-refractivity contribution in [2.75, 3.05) is 26.3 Å². The molecular formula is C18H21IN2O5S. The molecule has 1 N–H and O–H groups in total. The van der Waals surface area contributed by atoms with Crippen LogP contribution < -0.4 is 9.47 Å². The van der Waals surface area contributed by atoms with E-state index < -0.39 is 12.6 Å². The summed E-state index contributed by atoms with van der Waals surface area (Å²) in [5.74, 6) is -0.303. The number of aliphatic carboxylic acids is 1. The van der Waals surface area contributed by atoms with Crippen LogP contribution >= 0.6 is 34.4 Å². The van der Waals surface area contributed by atoms with Gasteiger partial charge in [-0.2, -0.15) is 0 Å². The fourth-order valence-electron chi connectivity index (χ4n) is 2.40. The molecule has 1 aliphatic heterocycles. The molecule has 146 valence electrons. The molecule has 2 rings (SSSR count). The summed E-state index contributed by atoms with van der Waals surface area (Å²) in [5.41, 5.74) is 0.773. The second-order valence-corrected chi connectivity index (χ2v) is 7.53. The van der Waals surface area contributed by atoms with E-state index in [1.165, 1.54) is 11.8 Å². The highest BCUT2D eigenvalue weighted by Gasteiger charge is 2.31. The molecule has 9 heteroatoms. The predicted molar refractivity (Wildman–Crippen MR) is 114 cm³/mol. The minimum Gasteiger partial charge on any atom is -0.490 e. The van der Waals surface area contributed by atoms with Crippen LogP contribution in [0.25, 0.3) is 6.08 Å². The summed E-state index contributed by atoms with van der Waals surface area (Å²) in [6, 6.07) is 3.57. The number of likely N-dealkylation sites (N-methyl/N-ethyl adjacent to an activating group) is 1. The topological polar surface area (TPSA) is 88.4 Å². The van der Waals surface area contributed by atoms with Crippen LogP contribution in [0.5, 0.6) is 11.5 Å². The first kappa shape index (κ1) is 21.5. The van der Waals surface area contributed by atoms with E-state index >= 15 is 0 Å². The zero-order valence-corrected chi connectivity index (χ0v) is 18.3. The van der Waals surface area contributed by atoms with Crippen molar-refractivity contribution < 1.29 is 24.2 Å². The SMILES string of the molecule is CCN=C1SC(=Cc2cc(I)c(OCC(=O)O)c(OCC)c2)C(=O)N1CC. The van der Waals surface area contributed by atoms with Gasteiger partial charge < -0.3 is 14.6 Å². The Morgan fingerprint density at radius 1 is 1.33 bits per heavy atom. The molecular weight excluding hydrogens is 483 g/mol. The maximum atomic E-state index is 12.6. The lowest BCUT2D eigenvalue weighted by molar-refractivity contribution is -0.139. The van der Waals surface area contributed by atoms with Crippen molar-refractivity contribution >= 4 is 57.5 Å². The quantitative estimate of drug-likeness (QED) is 0.431. The number of amidine groups is 1. The van der Waals surface area contributed by atoms with Gasteiger partial charge in [-0.25, -0.2) is 4.79 Å². The normalized spacial score (nSPS) is 17.0. The van der Waals surface area contributed by atoms with E-state index in [4.69, 9.17) is 14.6 Å². The van der Waals surface area contributed by atoms with Crippen molar-refractivity contribution in [3.05, 3.63) is 26.2 Å². The minimum atomic E-state index is -1.06. The number of carboxylic acid groups (broad SMARTS) is 1. The molecule has 1 fully saturated rings. The van der Waals surface area contributed by atoms with Crippen LogP contribution in [-0.2, 0) is 9.59 Å². The van der Waals surface area contributed by atoms with Crippen LogP contribution in [0.15, 0.2) is 22.0 Å². The van der Waals surface area contributed by atoms with Crippen molar-refractivity contribution in [2.24, 2.45) is 4.99 Å². The molecule has 27 heavy (non-hydrogen) atoms. The van der Waals surface area contributed by atoms with Crippen LogP contribution in [0.3, 0.4) is 0 Å². The van der Waals surface area contributed by atoms with E-state index in [2.05, 4.69) is 27.6 Å². The molecule has 1 aromatic carbocycles. The molecule has 0 spiro atoms. The number of carboxylic acids is 1. The highest BCUT2D eigenvalue weighted by Crippen LogP contribution is 2.37. The maximum Gasteiger partial charge on any atom is 0.341 e. The fourth-order valence-corrected chi connectivity index (χ4v) is 4.29. The molecule has 0 unspecified atom stereocenters. The van der Waals surface area contributed by atoms with Gasteiger partial charge in [-0.15, -0.1) is 0 Å². The molecule has 0 aliphatic carbocycles. The van der Waals surface area contributed by atoms with Crippen LogP contribution in [-0.4, -0.2) is 53.4 Å². The lowest BCUT2D eigenvalue weighted by Crippen LogP contribution is -2.28. The lowest BCUT2D eigenvalue weighted by atomic mass is 10.2. The summed E-state index contributed by atoms with van der Waals surface area (Å²) >= 11 is 3.42. The first-order chi connectivity index (χ1) is 12.9. The average Bonchev–Trinajstić information content (AvgIpc) is 2.89. The largest absolute Gasteiger partial charge is 0.490 e. The number of halogens is 1. The second-order valence-electron chi connectivity index (χ2n) is 5.36. The summed E-state index contributed by atoms with van der Waals surface area (Å²) in [5, 5.41) is 9.55. The molecule has 0 atom stereocenters. The summed E-state index contributed by atoms with van der Waals surface area (Å²) in [6.07, 6.45) is 1.79. The summed E-state index contributed by atoms with van der Waals surface area (Å²) in [4.78, 5) is 30.0. The van der Waals surface area contributed by atoms with Gasteiger partial charge in [-0.05, 0) is 78.9 Å². The highest BCUT2D eigenvalue weighted by molar-refractivity contribution is 14.1. The monoisotopic (exact) mass is 504 g/mol. The Kier molecular flexibility index (Phi) is 7.96. The summed E-state index contributed by atoms with van der Waals surface area (Å²) in [6.45, 7) is 6.81. The van der Waals surface area contributed by atoms with Gasteiger partial charge in [0.25, 0.3) is 5.91 Å². The van der Waals surface area contributed by atoms with E-state index in [9.17, 15) is 9.59 Å². The number of carbonyl (C=O) groups is 2. The molecule has 0 saturated carbocycles. The Labute approximate surface area is 175 Å². The first-order valence-electron chi connectivity index (χ1n) is 8.47. The molecule has 7 nitrogen and oxygen atoms in total. The van der Waals surface area contributed by atoms with Gasteiger partial charge in [0.1, 0.15) is 0 Å². The molecule has 1 heterocycles. The molecule has 1 aromatic rings. The number of aliphatic imine (C=N–C) groups is 1. The van der Waals surface area contributed by atoms with Gasteiger partial charge in [0.2, 0.25) is 0 Å². The molecule has 1 amide bonds. The Hall–Kier alpha value is -1.75. The number of hydrogen-bond acceptors (Lipinski definition) is 6. The van der Waals surface area contributed by atoms with Gasteiger partial charge in [0, 0.05) is 13.1 Å². The van der Waals surface area contributed by atoms with E-state index in [1.807, 2.05) is 26.8 Å². The number of thioether (sulfide) groups is 1.